The van der Waals surface area contributed by atoms with Crippen molar-refractivity contribution >= 4 is 21.7 Å². The van der Waals surface area contributed by atoms with E-state index in [0.717, 1.165) is 5.56 Å². The number of rotatable bonds is 6. The molecule has 0 unspecified atom stereocenters. The first-order chi connectivity index (χ1) is 10.9. The van der Waals surface area contributed by atoms with Gasteiger partial charge in [-0.3, -0.25) is 9.35 Å². The van der Waals surface area contributed by atoms with E-state index in [0.29, 0.717) is 12.8 Å². The average molecular weight is 334 g/mol. The highest BCUT2D eigenvalue weighted by atomic mass is 32.2. The van der Waals surface area contributed by atoms with Crippen molar-refractivity contribution in [1.29, 1.82) is 0 Å². The van der Waals surface area contributed by atoms with E-state index in [1.807, 2.05) is 30.3 Å². The fraction of sp³-hybridized carbons (Fsp3) is 0.188. The normalized spacial score (nSPS) is 12.6. The van der Waals surface area contributed by atoms with Gasteiger partial charge < -0.3 is 11.1 Å². The van der Waals surface area contributed by atoms with Crippen molar-refractivity contribution in [3.8, 4) is 0 Å². The van der Waals surface area contributed by atoms with Crippen molar-refractivity contribution in [2.24, 2.45) is 5.73 Å². The van der Waals surface area contributed by atoms with Gasteiger partial charge in [0.15, 0.2) is 0 Å². The van der Waals surface area contributed by atoms with Gasteiger partial charge in [-0.1, -0.05) is 42.5 Å². The molecule has 0 saturated carbocycles. The highest BCUT2D eigenvalue weighted by molar-refractivity contribution is 7.86. The molecule has 0 aliphatic carbocycles. The predicted molar refractivity (Wildman–Crippen MR) is 87.6 cm³/mol. The van der Waals surface area contributed by atoms with Crippen LogP contribution in [0.2, 0.25) is 0 Å². The monoisotopic (exact) mass is 334 g/mol. The van der Waals surface area contributed by atoms with Crippen molar-refractivity contribution in [3.05, 3.63) is 60.2 Å². The molecule has 122 valence electrons. The number of hydrogen-bond acceptors (Lipinski definition) is 4. The van der Waals surface area contributed by atoms with E-state index in [1.54, 1.807) is 6.07 Å². The van der Waals surface area contributed by atoms with E-state index < -0.39 is 22.1 Å². The molecule has 0 saturated heterocycles. The smallest absolute Gasteiger partial charge is 0.296 e. The van der Waals surface area contributed by atoms with Crippen LogP contribution in [0.25, 0.3) is 0 Å². The maximum absolute atomic E-state index is 12.1. The minimum absolute atomic E-state index is 0.00941. The predicted octanol–water partition coefficient (Wildman–Crippen LogP) is 1.83. The lowest BCUT2D eigenvalue weighted by Gasteiger charge is -2.14. The molecule has 4 N–H and O–H groups in total. The number of para-hydroxylation sites is 1. The van der Waals surface area contributed by atoms with Crippen molar-refractivity contribution in [1.82, 2.24) is 0 Å². The van der Waals surface area contributed by atoms with E-state index in [-0.39, 0.29) is 10.6 Å². The maximum atomic E-state index is 12.1. The number of benzene rings is 2. The summed E-state index contributed by atoms with van der Waals surface area (Å²) in [5.74, 6) is -0.503. The molecule has 0 spiro atoms. The van der Waals surface area contributed by atoms with Gasteiger partial charge in [0.25, 0.3) is 10.1 Å². The van der Waals surface area contributed by atoms with Crippen molar-refractivity contribution in [2.75, 3.05) is 5.32 Å². The van der Waals surface area contributed by atoms with Crippen molar-refractivity contribution in [3.63, 3.8) is 0 Å². The number of amides is 1. The number of nitrogens with one attached hydrogen (secondary N) is 1. The van der Waals surface area contributed by atoms with Crippen LogP contribution < -0.4 is 11.1 Å². The first-order valence-corrected chi connectivity index (χ1v) is 8.49. The summed E-state index contributed by atoms with van der Waals surface area (Å²) in [4.78, 5) is 11.7. The summed E-state index contributed by atoms with van der Waals surface area (Å²) in [6, 6.07) is 14.4. The molecule has 0 aliphatic rings. The summed E-state index contributed by atoms with van der Waals surface area (Å²) in [5, 5.41) is 2.45. The number of aryl methyl sites for hydroxylation is 1. The second-order valence-electron chi connectivity index (χ2n) is 5.09. The summed E-state index contributed by atoms with van der Waals surface area (Å²) in [5.41, 5.74) is 6.92. The zero-order valence-corrected chi connectivity index (χ0v) is 13.2. The maximum Gasteiger partial charge on any atom is 0.296 e. The zero-order valence-electron chi connectivity index (χ0n) is 12.3. The van der Waals surface area contributed by atoms with Gasteiger partial charge in [0.1, 0.15) is 4.90 Å². The Morgan fingerprint density at radius 2 is 1.70 bits per heavy atom. The van der Waals surface area contributed by atoms with Crippen LogP contribution >= 0.6 is 0 Å². The lowest BCUT2D eigenvalue weighted by atomic mass is 10.1. The molecule has 23 heavy (non-hydrogen) atoms. The van der Waals surface area contributed by atoms with Gasteiger partial charge in [-0.05, 0) is 30.5 Å². The third-order valence-electron chi connectivity index (χ3n) is 3.35. The Morgan fingerprint density at radius 1 is 1.09 bits per heavy atom. The number of anilines is 1. The van der Waals surface area contributed by atoms with Crippen LogP contribution in [-0.4, -0.2) is 24.9 Å². The highest BCUT2D eigenvalue weighted by Crippen LogP contribution is 2.20. The average Bonchev–Trinajstić information content (AvgIpc) is 2.53. The second-order valence-corrected chi connectivity index (χ2v) is 6.48. The van der Waals surface area contributed by atoms with Crippen molar-refractivity contribution < 1.29 is 17.8 Å². The largest absolute Gasteiger partial charge is 0.323 e. The molecule has 2 rings (SSSR count). The minimum Gasteiger partial charge on any atom is -0.323 e. The van der Waals surface area contributed by atoms with E-state index in [9.17, 15) is 13.2 Å². The van der Waals surface area contributed by atoms with Crippen LogP contribution in [0.5, 0.6) is 0 Å². The first kappa shape index (κ1) is 17.1. The molecule has 0 radical (unpaired) electrons. The van der Waals surface area contributed by atoms with Gasteiger partial charge in [-0.25, -0.2) is 0 Å². The third-order valence-corrected chi connectivity index (χ3v) is 4.26. The van der Waals surface area contributed by atoms with Crippen LogP contribution in [0.3, 0.4) is 0 Å². The third kappa shape index (κ3) is 4.88. The molecule has 0 aromatic heterocycles. The second kappa shape index (κ2) is 7.36. The zero-order chi connectivity index (χ0) is 16.9. The summed E-state index contributed by atoms with van der Waals surface area (Å²) in [6.45, 7) is 0. The van der Waals surface area contributed by atoms with Gasteiger partial charge in [0, 0.05) is 0 Å². The van der Waals surface area contributed by atoms with Gasteiger partial charge in [-0.15, -0.1) is 0 Å². The van der Waals surface area contributed by atoms with E-state index in [4.69, 9.17) is 10.3 Å². The topological polar surface area (TPSA) is 109 Å². The fourth-order valence-corrected chi connectivity index (χ4v) is 2.77. The lowest BCUT2D eigenvalue weighted by Crippen LogP contribution is -2.36. The summed E-state index contributed by atoms with van der Waals surface area (Å²) in [7, 11) is -4.42. The van der Waals surface area contributed by atoms with E-state index >= 15 is 0 Å². The van der Waals surface area contributed by atoms with Gasteiger partial charge in [0.05, 0.1) is 11.7 Å². The Morgan fingerprint density at radius 3 is 2.35 bits per heavy atom. The van der Waals surface area contributed by atoms with Crippen molar-refractivity contribution in [2.45, 2.75) is 23.8 Å². The van der Waals surface area contributed by atoms with Gasteiger partial charge >= 0.3 is 0 Å². The molecule has 0 heterocycles. The van der Waals surface area contributed by atoms with Crippen LogP contribution in [0, 0.1) is 0 Å². The SMILES string of the molecule is N[C@@H](CCc1ccccc1)C(=O)Nc1ccccc1S(=O)(=O)O. The molecule has 2 aromatic rings. The van der Waals surface area contributed by atoms with Gasteiger partial charge in [-0.2, -0.15) is 8.42 Å². The molecular weight excluding hydrogens is 316 g/mol. The molecule has 1 amide bonds. The highest BCUT2D eigenvalue weighted by Gasteiger charge is 2.19. The minimum atomic E-state index is -4.42. The Balaban J connectivity index is 2.02. The lowest BCUT2D eigenvalue weighted by molar-refractivity contribution is -0.117. The molecular formula is C16H18N2O4S. The molecule has 2 aromatic carbocycles. The first-order valence-electron chi connectivity index (χ1n) is 7.05. The molecule has 7 heteroatoms. The van der Waals surface area contributed by atoms with Crippen LogP contribution in [0.4, 0.5) is 5.69 Å². The van der Waals surface area contributed by atoms with Crippen LogP contribution in [-0.2, 0) is 21.3 Å². The summed E-state index contributed by atoms with van der Waals surface area (Å²) in [6.07, 6.45) is 1.05. The standard InChI is InChI=1S/C16H18N2O4S/c17-13(11-10-12-6-2-1-3-7-12)16(19)18-14-8-4-5-9-15(14)23(20,21)22/h1-9,13H,10-11,17H2,(H,18,19)(H,20,21,22)/t13-/m0/s1. The molecule has 6 nitrogen and oxygen atoms in total. The summed E-state index contributed by atoms with van der Waals surface area (Å²) >= 11 is 0. The Bertz CT molecular complexity index is 776. The molecule has 0 bridgehead atoms. The molecule has 0 fully saturated rings. The Kier molecular flexibility index (Phi) is 5.49. The number of nitrogens with two attached hydrogens (primary N) is 1. The molecule has 0 aliphatic heterocycles. The van der Waals surface area contributed by atoms with Gasteiger partial charge in [0.2, 0.25) is 5.91 Å². The van der Waals surface area contributed by atoms with Crippen LogP contribution in [0.1, 0.15) is 12.0 Å². The quantitative estimate of drug-likeness (QED) is 0.698. The summed E-state index contributed by atoms with van der Waals surface area (Å²) < 4.78 is 31.7. The fourth-order valence-electron chi connectivity index (χ4n) is 2.12. The Labute approximate surface area is 135 Å². The molecule has 1 atom stereocenters. The number of carbonyl (C=O) groups excluding carboxylic acids is 1. The number of carbonyl (C=O) groups is 1. The van der Waals surface area contributed by atoms with Crippen LogP contribution in [0.15, 0.2) is 59.5 Å². The van der Waals surface area contributed by atoms with E-state index in [2.05, 4.69) is 5.32 Å². The van der Waals surface area contributed by atoms with E-state index in [1.165, 1.54) is 18.2 Å². The number of hydrogen-bond donors (Lipinski definition) is 3. The Hall–Kier alpha value is -2.22.